The molecule has 0 aromatic heterocycles. The molecule has 2 fully saturated rings. The fourth-order valence-corrected chi connectivity index (χ4v) is 8.41. The zero-order chi connectivity index (χ0) is 49.4. The topological polar surface area (TPSA) is 145 Å². The molecule has 0 amide bonds. The number of methoxy groups -OCH3 is 2. The molecule has 6 aromatic carbocycles. The van der Waals surface area contributed by atoms with Crippen LogP contribution in [-0.4, -0.2) is 94.2 Å². The highest BCUT2D eigenvalue weighted by Crippen LogP contribution is 2.37. The molecule has 6 aromatic rings. The molecule has 2 aliphatic rings. The highest BCUT2D eigenvalue weighted by molar-refractivity contribution is 5.89. The lowest BCUT2D eigenvalue weighted by molar-refractivity contribution is -0.364. The Hall–Kier alpha value is -6.62. The van der Waals surface area contributed by atoms with Crippen molar-refractivity contribution in [3.8, 4) is 17.2 Å². The van der Waals surface area contributed by atoms with Gasteiger partial charge in [-0.2, -0.15) is 0 Å². The number of carbonyl (C=O) groups excluding carboxylic acids is 2. The van der Waals surface area contributed by atoms with E-state index in [0.29, 0.717) is 22.8 Å². The lowest BCUT2D eigenvalue weighted by atomic mass is 9.96. The van der Waals surface area contributed by atoms with Gasteiger partial charge in [-0.3, -0.25) is 4.79 Å². The van der Waals surface area contributed by atoms with Gasteiger partial charge in [0.1, 0.15) is 41.7 Å². The van der Waals surface area contributed by atoms with Crippen LogP contribution in [-0.2, 0) is 73.9 Å². The SMILES string of the molecule is COc1ccc(CO[C@H]2[C@@H](O[C@H]3[C@H](OCc4ccccc4)[C@H](Oc4ccc(OC)cc4)O[C@@H](C)[C@H]3OC(=O)c3ccccc3)O[C@H](COCc3ccccc3)[C@H](OC(C)=O)[C@@H]2OCc2ccccc2)cc1. The second-order valence-corrected chi connectivity index (χ2v) is 17.1. The van der Waals surface area contributed by atoms with Crippen LogP contribution in [0.1, 0.15) is 46.5 Å². The molecule has 10 atom stereocenters. The number of hydrogen-bond donors (Lipinski definition) is 0. The van der Waals surface area contributed by atoms with Crippen molar-refractivity contribution in [3.63, 3.8) is 0 Å². The Balaban J connectivity index is 1.21. The van der Waals surface area contributed by atoms with E-state index < -0.39 is 73.4 Å². The van der Waals surface area contributed by atoms with E-state index in [1.165, 1.54) is 6.92 Å². The van der Waals surface area contributed by atoms with Gasteiger partial charge in [0.2, 0.25) is 6.29 Å². The summed E-state index contributed by atoms with van der Waals surface area (Å²) in [5, 5.41) is 0. The predicted octanol–water partition coefficient (Wildman–Crippen LogP) is 9.07. The molecule has 0 aliphatic carbocycles. The predicted molar refractivity (Wildman–Crippen MR) is 260 cm³/mol. The van der Waals surface area contributed by atoms with Crippen LogP contribution in [0, 0.1) is 0 Å². The molecule has 14 heteroatoms. The monoisotopic (exact) mass is 968 g/mol. The van der Waals surface area contributed by atoms with Crippen molar-refractivity contribution in [2.75, 3.05) is 20.8 Å². The average Bonchev–Trinajstić information content (AvgIpc) is 3.40. The quantitative estimate of drug-likeness (QED) is 0.0597. The van der Waals surface area contributed by atoms with Crippen LogP contribution in [0.2, 0.25) is 0 Å². The molecule has 2 aliphatic heterocycles. The van der Waals surface area contributed by atoms with E-state index in [4.69, 9.17) is 56.8 Å². The molecule has 0 unspecified atom stereocenters. The van der Waals surface area contributed by atoms with Gasteiger partial charge in [-0.05, 0) is 77.7 Å². The summed E-state index contributed by atoms with van der Waals surface area (Å²) in [5.41, 5.74) is 3.77. The number of ether oxygens (including phenoxy) is 12. The third kappa shape index (κ3) is 14.0. The second kappa shape index (κ2) is 25.5. The summed E-state index contributed by atoms with van der Waals surface area (Å²) in [4.78, 5) is 27.2. The molecule has 2 heterocycles. The first-order valence-electron chi connectivity index (χ1n) is 23.6. The molecule has 71 heavy (non-hydrogen) atoms. The highest BCUT2D eigenvalue weighted by Gasteiger charge is 2.55. The van der Waals surface area contributed by atoms with E-state index in [-0.39, 0.29) is 33.0 Å². The first-order valence-corrected chi connectivity index (χ1v) is 23.6. The molecule has 2 saturated heterocycles. The molecule has 372 valence electrons. The lowest BCUT2D eigenvalue weighted by Gasteiger charge is -2.49. The standard InChI is InChI=1S/C57H60O14/c1-38-49(70-55(59)44-23-15-8-16-24-44)52(54(65-35-42-21-13-7-14-22-42)56(66-38)68-47-31-29-46(61-4)30-32-47)71-57-53(64-36-43-25-27-45(60-3)28-26-43)51(63-34-41-19-11-6-12-20-41)50(67-39(2)58)48(69-57)37-62-33-40-17-9-5-10-18-40/h5-32,38,48-54,56-57H,33-37H2,1-4H3/t38-,48+,49+,50-,51-,52+,53+,54-,56-,57+/m0/s1. The van der Waals surface area contributed by atoms with Crippen molar-refractivity contribution in [1.82, 2.24) is 0 Å². The van der Waals surface area contributed by atoms with E-state index in [9.17, 15) is 9.59 Å². The van der Waals surface area contributed by atoms with Crippen LogP contribution in [0.5, 0.6) is 17.2 Å². The molecule has 8 rings (SSSR count). The summed E-state index contributed by atoms with van der Waals surface area (Å²) in [5.74, 6) is 0.589. The Kier molecular flexibility index (Phi) is 18.2. The number of hydrogen-bond acceptors (Lipinski definition) is 14. The van der Waals surface area contributed by atoms with E-state index in [1.807, 2.05) is 121 Å². The summed E-state index contributed by atoms with van der Waals surface area (Å²) in [6, 6.07) is 52.1. The third-order valence-electron chi connectivity index (χ3n) is 12.0. The van der Waals surface area contributed by atoms with Crippen molar-refractivity contribution in [3.05, 3.63) is 198 Å². The smallest absolute Gasteiger partial charge is 0.338 e. The average molecular weight is 969 g/mol. The molecule has 14 nitrogen and oxygen atoms in total. The summed E-state index contributed by atoms with van der Waals surface area (Å²) in [7, 11) is 3.18. The number of benzene rings is 6. The molecule has 0 spiro atoms. The first kappa shape index (κ1) is 50.8. The van der Waals surface area contributed by atoms with Gasteiger partial charge in [-0.25, -0.2) is 4.79 Å². The van der Waals surface area contributed by atoms with Crippen LogP contribution in [0.15, 0.2) is 170 Å². The van der Waals surface area contributed by atoms with Gasteiger partial charge in [-0.15, -0.1) is 0 Å². The van der Waals surface area contributed by atoms with E-state index in [2.05, 4.69) is 0 Å². The normalized spacial score (nSPS) is 24.1. The van der Waals surface area contributed by atoms with Gasteiger partial charge >= 0.3 is 11.9 Å². The Morgan fingerprint density at radius 1 is 0.465 bits per heavy atom. The largest absolute Gasteiger partial charge is 0.497 e. The van der Waals surface area contributed by atoms with Gasteiger partial charge in [0, 0.05) is 6.92 Å². The van der Waals surface area contributed by atoms with Crippen LogP contribution < -0.4 is 14.2 Å². The van der Waals surface area contributed by atoms with Gasteiger partial charge < -0.3 is 56.8 Å². The maximum Gasteiger partial charge on any atom is 0.338 e. The fraction of sp³-hybridized carbons (Fsp3) is 0.333. The van der Waals surface area contributed by atoms with Crippen LogP contribution >= 0.6 is 0 Å². The van der Waals surface area contributed by atoms with E-state index in [1.54, 1.807) is 69.7 Å². The van der Waals surface area contributed by atoms with Crippen LogP contribution in [0.4, 0.5) is 0 Å². The van der Waals surface area contributed by atoms with Gasteiger partial charge in [-0.1, -0.05) is 121 Å². The number of carbonyl (C=O) groups is 2. The minimum atomic E-state index is -1.32. The number of rotatable bonds is 22. The fourth-order valence-electron chi connectivity index (χ4n) is 8.41. The Morgan fingerprint density at radius 2 is 0.930 bits per heavy atom. The summed E-state index contributed by atoms with van der Waals surface area (Å²) in [6.07, 6.45) is -10.8. The summed E-state index contributed by atoms with van der Waals surface area (Å²) < 4.78 is 77.8. The minimum absolute atomic E-state index is 0.0448. The highest BCUT2D eigenvalue weighted by atomic mass is 16.8. The minimum Gasteiger partial charge on any atom is -0.497 e. The van der Waals surface area contributed by atoms with Crippen molar-refractivity contribution < 1.29 is 66.4 Å². The number of esters is 2. The Labute approximate surface area is 414 Å². The molecular formula is C57H60O14. The molecular weight excluding hydrogens is 909 g/mol. The summed E-state index contributed by atoms with van der Waals surface area (Å²) >= 11 is 0. The Bertz CT molecular complexity index is 2510. The molecule has 0 bridgehead atoms. The second-order valence-electron chi connectivity index (χ2n) is 17.1. The van der Waals surface area contributed by atoms with Crippen molar-refractivity contribution >= 4 is 11.9 Å². The van der Waals surface area contributed by atoms with Crippen LogP contribution in [0.25, 0.3) is 0 Å². The van der Waals surface area contributed by atoms with Crippen LogP contribution in [0.3, 0.4) is 0 Å². The zero-order valence-corrected chi connectivity index (χ0v) is 40.2. The van der Waals surface area contributed by atoms with Gasteiger partial charge in [0.05, 0.1) is 58.9 Å². The molecule has 0 saturated carbocycles. The zero-order valence-electron chi connectivity index (χ0n) is 40.2. The Morgan fingerprint density at radius 3 is 1.46 bits per heavy atom. The van der Waals surface area contributed by atoms with Gasteiger partial charge in [0.15, 0.2) is 24.6 Å². The van der Waals surface area contributed by atoms with E-state index >= 15 is 0 Å². The van der Waals surface area contributed by atoms with Crippen molar-refractivity contribution in [2.45, 2.75) is 102 Å². The first-order chi connectivity index (χ1) is 34.7. The maximum atomic E-state index is 14.1. The maximum absolute atomic E-state index is 14.1. The molecule has 0 N–H and O–H groups in total. The third-order valence-corrected chi connectivity index (χ3v) is 12.0. The summed E-state index contributed by atoms with van der Waals surface area (Å²) in [6.45, 7) is 3.57. The van der Waals surface area contributed by atoms with Crippen molar-refractivity contribution in [2.24, 2.45) is 0 Å². The molecule has 0 radical (unpaired) electrons. The van der Waals surface area contributed by atoms with Gasteiger partial charge in [0.25, 0.3) is 0 Å². The van der Waals surface area contributed by atoms with Crippen molar-refractivity contribution in [1.29, 1.82) is 0 Å². The lowest BCUT2D eigenvalue weighted by Crippen LogP contribution is -2.66. The van der Waals surface area contributed by atoms with E-state index in [0.717, 1.165) is 22.3 Å².